The predicted molar refractivity (Wildman–Crippen MR) is 79.2 cm³/mol. The maximum Gasteiger partial charge on any atom is 0.0946 e. The summed E-state index contributed by atoms with van der Waals surface area (Å²) in [5, 5.41) is 3.64. The molecule has 0 spiro atoms. The number of nitrogens with one attached hydrogen (secondary N) is 1. The van der Waals surface area contributed by atoms with Gasteiger partial charge in [0, 0.05) is 18.9 Å². The van der Waals surface area contributed by atoms with Crippen LogP contribution in [-0.4, -0.2) is 16.1 Å². The van der Waals surface area contributed by atoms with Crippen molar-refractivity contribution in [1.82, 2.24) is 14.9 Å². The Morgan fingerprint density at radius 1 is 1.32 bits per heavy atom. The quantitative estimate of drug-likeness (QED) is 0.861. The van der Waals surface area contributed by atoms with E-state index in [0.717, 1.165) is 19.5 Å². The SMILES string of the molecule is CCCNC(Cn1ccnc1)c1ccc(C)cc1C. The van der Waals surface area contributed by atoms with E-state index in [1.165, 1.54) is 16.7 Å². The second-order valence-corrected chi connectivity index (χ2v) is 5.13. The highest BCUT2D eigenvalue weighted by atomic mass is 15.1. The number of rotatable bonds is 6. The Labute approximate surface area is 115 Å². The van der Waals surface area contributed by atoms with Crippen LogP contribution < -0.4 is 5.32 Å². The van der Waals surface area contributed by atoms with Crippen molar-refractivity contribution in [3.8, 4) is 0 Å². The van der Waals surface area contributed by atoms with Gasteiger partial charge in [0.05, 0.1) is 12.4 Å². The van der Waals surface area contributed by atoms with Crippen molar-refractivity contribution < 1.29 is 0 Å². The van der Waals surface area contributed by atoms with E-state index in [1.54, 1.807) is 0 Å². The molecule has 1 aromatic heterocycles. The molecule has 3 heteroatoms. The van der Waals surface area contributed by atoms with Crippen LogP contribution in [0.2, 0.25) is 0 Å². The molecule has 1 aromatic carbocycles. The maximum atomic E-state index is 4.12. The Morgan fingerprint density at radius 2 is 2.16 bits per heavy atom. The molecule has 0 aliphatic rings. The Hall–Kier alpha value is -1.61. The first-order valence-corrected chi connectivity index (χ1v) is 6.97. The third-order valence-electron chi connectivity index (χ3n) is 3.39. The fourth-order valence-electron chi connectivity index (χ4n) is 2.41. The van der Waals surface area contributed by atoms with Crippen molar-refractivity contribution in [2.24, 2.45) is 0 Å². The molecule has 0 saturated carbocycles. The fraction of sp³-hybridized carbons (Fsp3) is 0.438. The predicted octanol–water partition coefficient (Wildman–Crippen LogP) is 3.24. The number of hydrogen-bond donors (Lipinski definition) is 1. The van der Waals surface area contributed by atoms with Gasteiger partial charge in [0.25, 0.3) is 0 Å². The molecule has 19 heavy (non-hydrogen) atoms. The second kappa shape index (κ2) is 6.53. The van der Waals surface area contributed by atoms with E-state index in [1.807, 2.05) is 18.7 Å². The van der Waals surface area contributed by atoms with Crippen LogP contribution >= 0.6 is 0 Å². The Kier molecular flexibility index (Phi) is 4.74. The van der Waals surface area contributed by atoms with E-state index in [4.69, 9.17) is 0 Å². The third-order valence-corrected chi connectivity index (χ3v) is 3.39. The van der Waals surface area contributed by atoms with Gasteiger partial charge < -0.3 is 9.88 Å². The summed E-state index contributed by atoms with van der Waals surface area (Å²) >= 11 is 0. The summed E-state index contributed by atoms with van der Waals surface area (Å²) in [4.78, 5) is 4.12. The van der Waals surface area contributed by atoms with E-state index >= 15 is 0 Å². The highest BCUT2D eigenvalue weighted by Gasteiger charge is 2.13. The van der Waals surface area contributed by atoms with Crippen molar-refractivity contribution in [1.29, 1.82) is 0 Å². The molecule has 3 nitrogen and oxygen atoms in total. The zero-order chi connectivity index (χ0) is 13.7. The van der Waals surface area contributed by atoms with E-state index in [9.17, 15) is 0 Å². The number of imidazole rings is 1. The smallest absolute Gasteiger partial charge is 0.0946 e. The number of hydrogen-bond acceptors (Lipinski definition) is 2. The van der Waals surface area contributed by atoms with Gasteiger partial charge in [-0.15, -0.1) is 0 Å². The summed E-state index contributed by atoms with van der Waals surface area (Å²) < 4.78 is 2.13. The molecule has 0 radical (unpaired) electrons. The summed E-state index contributed by atoms with van der Waals surface area (Å²) in [5.74, 6) is 0. The molecule has 1 heterocycles. The minimum atomic E-state index is 0.342. The van der Waals surface area contributed by atoms with Crippen LogP contribution in [0.1, 0.15) is 36.1 Å². The van der Waals surface area contributed by atoms with Crippen LogP contribution in [0.15, 0.2) is 36.9 Å². The number of aryl methyl sites for hydroxylation is 2. The standard InChI is InChI=1S/C16H23N3/c1-4-7-18-16(11-19-9-8-17-12-19)15-6-5-13(2)10-14(15)3/h5-6,8-10,12,16,18H,4,7,11H2,1-3H3. The zero-order valence-corrected chi connectivity index (χ0v) is 12.1. The molecule has 1 unspecified atom stereocenters. The molecule has 1 atom stereocenters. The fourth-order valence-corrected chi connectivity index (χ4v) is 2.41. The lowest BCUT2D eigenvalue weighted by atomic mass is 9.99. The van der Waals surface area contributed by atoms with Crippen LogP contribution in [0.4, 0.5) is 0 Å². The van der Waals surface area contributed by atoms with Gasteiger partial charge in [-0.05, 0) is 37.9 Å². The van der Waals surface area contributed by atoms with Crippen molar-refractivity contribution in [3.63, 3.8) is 0 Å². The molecule has 2 aromatic rings. The lowest BCUT2D eigenvalue weighted by Crippen LogP contribution is -2.26. The zero-order valence-electron chi connectivity index (χ0n) is 12.1. The van der Waals surface area contributed by atoms with Gasteiger partial charge in [-0.2, -0.15) is 0 Å². The van der Waals surface area contributed by atoms with Crippen LogP contribution in [0.3, 0.4) is 0 Å². The number of aromatic nitrogens is 2. The molecule has 0 aliphatic heterocycles. The van der Waals surface area contributed by atoms with E-state index < -0.39 is 0 Å². The molecule has 2 rings (SSSR count). The lowest BCUT2D eigenvalue weighted by Gasteiger charge is -2.21. The number of benzene rings is 1. The van der Waals surface area contributed by atoms with Gasteiger partial charge in [-0.1, -0.05) is 30.7 Å². The van der Waals surface area contributed by atoms with Gasteiger partial charge in [-0.25, -0.2) is 4.98 Å². The van der Waals surface area contributed by atoms with Crippen LogP contribution in [0.25, 0.3) is 0 Å². The normalized spacial score (nSPS) is 12.6. The summed E-state index contributed by atoms with van der Waals surface area (Å²) in [6.07, 6.45) is 6.87. The van der Waals surface area contributed by atoms with E-state index in [2.05, 4.69) is 53.8 Å². The first-order valence-electron chi connectivity index (χ1n) is 6.97. The van der Waals surface area contributed by atoms with Crippen LogP contribution in [0, 0.1) is 13.8 Å². The molecule has 102 valence electrons. The second-order valence-electron chi connectivity index (χ2n) is 5.13. The molecule has 1 N–H and O–H groups in total. The summed E-state index contributed by atoms with van der Waals surface area (Å²) in [7, 11) is 0. The van der Waals surface area contributed by atoms with Crippen molar-refractivity contribution in [2.45, 2.75) is 39.8 Å². The molecule has 0 amide bonds. The van der Waals surface area contributed by atoms with Crippen molar-refractivity contribution in [2.75, 3.05) is 6.54 Å². The van der Waals surface area contributed by atoms with Crippen molar-refractivity contribution >= 4 is 0 Å². The van der Waals surface area contributed by atoms with Crippen LogP contribution in [-0.2, 0) is 6.54 Å². The largest absolute Gasteiger partial charge is 0.336 e. The topological polar surface area (TPSA) is 29.9 Å². The third kappa shape index (κ3) is 3.67. The van der Waals surface area contributed by atoms with Gasteiger partial charge in [0.2, 0.25) is 0 Å². The molecular formula is C16H23N3. The Balaban J connectivity index is 2.20. The minimum Gasteiger partial charge on any atom is -0.336 e. The van der Waals surface area contributed by atoms with E-state index in [0.29, 0.717) is 6.04 Å². The maximum absolute atomic E-state index is 4.12. The van der Waals surface area contributed by atoms with Crippen LogP contribution in [0.5, 0.6) is 0 Å². The molecule has 0 bridgehead atoms. The van der Waals surface area contributed by atoms with Gasteiger partial charge in [0.1, 0.15) is 0 Å². The highest BCUT2D eigenvalue weighted by Crippen LogP contribution is 2.20. The average molecular weight is 257 g/mol. The Bertz CT molecular complexity index is 503. The average Bonchev–Trinajstić information content (AvgIpc) is 2.88. The summed E-state index contributed by atoms with van der Waals surface area (Å²) in [6, 6.07) is 7.03. The monoisotopic (exact) mass is 257 g/mol. The summed E-state index contributed by atoms with van der Waals surface area (Å²) in [5.41, 5.74) is 4.06. The highest BCUT2D eigenvalue weighted by molar-refractivity contribution is 5.32. The van der Waals surface area contributed by atoms with Gasteiger partial charge >= 0.3 is 0 Å². The molecule has 0 fully saturated rings. The number of nitrogens with zero attached hydrogens (tertiary/aromatic N) is 2. The molecule has 0 aliphatic carbocycles. The minimum absolute atomic E-state index is 0.342. The van der Waals surface area contributed by atoms with E-state index in [-0.39, 0.29) is 0 Å². The van der Waals surface area contributed by atoms with Gasteiger partial charge in [0.15, 0.2) is 0 Å². The van der Waals surface area contributed by atoms with Crippen molar-refractivity contribution in [3.05, 3.63) is 53.6 Å². The Morgan fingerprint density at radius 3 is 2.79 bits per heavy atom. The molecular weight excluding hydrogens is 234 g/mol. The summed E-state index contributed by atoms with van der Waals surface area (Å²) in [6.45, 7) is 8.48. The molecule has 0 saturated heterocycles. The lowest BCUT2D eigenvalue weighted by molar-refractivity contribution is 0.461. The first-order chi connectivity index (χ1) is 9.20. The van der Waals surface area contributed by atoms with Gasteiger partial charge in [-0.3, -0.25) is 0 Å². The first kappa shape index (κ1) is 13.8.